The van der Waals surface area contributed by atoms with Crippen LogP contribution in [0.2, 0.25) is 0 Å². The van der Waals surface area contributed by atoms with Gasteiger partial charge in [-0.25, -0.2) is 9.78 Å². The molecule has 0 aromatic carbocycles. The van der Waals surface area contributed by atoms with Gasteiger partial charge in [-0.1, -0.05) is 0 Å². The molecule has 0 aliphatic carbocycles. The lowest BCUT2D eigenvalue weighted by Crippen LogP contribution is -2.17. The van der Waals surface area contributed by atoms with E-state index in [2.05, 4.69) is 10.1 Å². The molecule has 0 unspecified atom stereocenters. The first-order valence-electron chi connectivity index (χ1n) is 7.38. The molecule has 134 valence electrons. The molecule has 0 amide bonds. The van der Waals surface area contributed by atoms with Gasteiger partial charge < -0.3 is 9.15 Å². The molecule has 0 atom stereocenters. The number of hydrogen-bond donors (Lipinski definition) is 0. The first-order valence-corrected chi connectivity index (χ1v) is 8.20. The van der Waals surface area contributed by atoms with Crippen molar-refractivity contribution in [2.45, 2.75) is 13.8 Å². The second kappa shape index (κ2) is 6.88. The zero-order valence-electron chi connectivity index (χ0n) is 13.7. The van der Waals surface area contributed by atoms with E-state index < -0.39 is 22.3 Å². The van der Waals surface area contributed by atoms with Gasteiger partial charge >= 0.3 is 11.9 Å². The Morgan fingerprint density at radius 2 is 2.31 bits per heavy atom. The van der Waals surface area contributed by atoms with Crippen molar-refractivity contribution >= 4 is 39.6 Å². The summed E-state index contributed by atoms with van der Waals surface area (Å²) in [7, 11) is 0. The number of rotatable bonds is 5. The van der Waals surface area contributed by atoms with Gasteiger partial charge in [0.2, 0.25) is 0 Å². The zero-order chi connectivity index (χ0) is 18.8. The number of aryl methyl sites for hydroxylation is 1. The third kappa shape index (κ3) is 3.11. The number of aromatic nitrogens is 2. The third-order valence-corrected chi connectivity index (χ3v) is 4.58. The maximum absolute atomic E-state index is 12.6. The number of carbonyl (C=O) groups is 1. The number of nitrogens with zero attached hydrogens (tertiary/aromatic N) is 4. The molecule has 0 saturated heterocycles. The Morgan fingerprint density at radius 1 is 1.54 bits per heavy atom. The minimum absolute atomic E-state index is 0.109. The second-order valence-electron chi connectivity index (χ2n) is 5.03. The highest BCUT2D eigenvalue weighted by atomic mass is 32.1. The van der Waals surface area contributed by atoms with E-state index in [0.717, 1.165) is 22.2 Å². The highest BCUT2D eigenvalue weighted by Gasteiger charge is 2.20. The predicted molar refractivity (Wildman–Crippen MR) is 92.9 cm³/mol. The summed E-state index contributed by atoms with van der Waals surface area (Å²) in [5, 5.41) is 14.8. The van der Waals surface area contributed by atoms with Crippen LogP contribution in [-0.2, 0) is 4.74 Å². The van der Waals surface area contributed by atoms with Crippen molar-refractivity contribution in [1.29, 1.82) is 0 Å². The number of thiophene rings is 1. The van der Waals surface area contributed by atoms with Gasteiger partial charge in [0.05, 0.1) is 24.3 Å². The van der Waals surface area contributed by atoms with Crippen LogP contribution in [0.5, 0.6) is 0 Å². The van der Waals surface area contributed by atoms with Gasteiger partial charge in [-0.15, -0.1) is 11.3 Å². The molecule has 26 heavy (non-hydrogen) atoms. The van der Waals surface area contributed by atoms with Crippen LogP contribution in [0.15, 0.2) is 32.8 Å². The lowest BCUT2D eigenvalue weighted by Gasteiger charge is -1.99. The largest absolute Gasteiger partial charge is 0.462 e. The average Bonchev–Trinajstić information content (AvgIpc) is 3.20. The van der Waals surface area contributed by atoms with E-state index in [1.165, 1.54) is 18.5 Å². The van der Waals surface area contributed by atoms with E-state index in [1.54, 1.807) is 13.8 Å². The van der Waals surface area contributed by atoms with E-state index in [0.29, 0.717) is 15.3 Å². The fraction of sp³-hybridized carbons (Fsp3) is 0.200. The van der Waals surface area contributed by atoms with E-state index in [-0.39, 0.29) is 17.8 Å². The highest BCUT2D eigenvalue weighted by Crippen LogP contribution is 2.27. The Labute approximate surface area is 149 Å². The van der Waals surface area contributed by atoms with Gasteiger partial charge in [0.25, 0.3) is 5.56 Å². The molecule has 3 heterocycles. The van der Waals surface area contributed by atoms with Crippen LogP contribution in [-0.4, -0.2) is 33.4 Å². The van der Waals surface area contributed by atoms with Crippen LogP contribution in [0.3, 0.4) is 0 Å². The highest BCUT2D eigenvalue weighted by molar-refractivity contribution is 7.20. The van der Waals surface area contributed by atoms with Gasteiger partial charge in [0, 0.05) is 0 Å². The molecule has 0 aliphatic heterocycles. The summed E-state index contributed by atoms with van der Waals surface area (Å²) in [6.07, 6.45) is 2.36. The smallest absolute Gasteiger partial charge is 0.433 e. The summed E-state index contributed by atoms with van der Waals surface area (Å²) in [4.78, 5) is 39.3. The Bertz CT molecular complexity index is 1090. The zero-order valence-corrected chi connectivity index (χ0v) is 14.5. The molecule has 0 fully saturated rings. The number of fused-ring (bicyclic) bond motifs is 1. The number of hydrogen-bond acceptors (Lipinski definition) is 9. The Hall–Kier alpha value is -3.34. The fourth-order valence-corrected chi connectivity index (χ4v) is 3.25. The molecule has 3 aromatic rings. The number of esters is 1. The van der Waals surface area contributed by atoms with Crippen molar-refractivity contribution in [3.8, 4) is 0 Å². The van der Waals surface area contributed by atoms with Crippen molar-refractivity contribution in [1.82, 2.24) is 9.66 Å². The van der Waals surface area contributed by atoms with E-state index >= 15 is 0 Å². The first kappa shape index (κ1) is 17.5. The molecule has 0 spiro atoms. The molecule has 10 nitrogen and oxygen atoms in total. The van der Waals surface area contributed by atoms with Gasteiger partial charge in [0.1, 0.15) is 21.0 Å². The maximum atomic E-state index is 12.6. The fourth-order valence-electron chi connectivity index (χ4n) is 2.22. The van der Waals surface area contributed by atoms with Crippen molar-refractivity contribution in [3.05, 3.63) is 55.1 Å². The molecule has 3 aromatic heterocycles. The minimum Gasteiger partial charge on any atom is -0.462 e. The predicted octanol–water partition coefficient (Wildman–Crippen LogP) is 2.33. The summed E-state index contributed by atoms with van der Waals surface area (Å²) in [5.41, 5.74) is -0.00394. The van der Waals surface area contributed by atoms with Crippen molar-refractivity contribution in [3.63, 3.8) is 0 Å². The lowest BCUT2D eigenvalue weighted by atomic mass is 10.2. The Morgan fingerprint density at radius 3 is 2.96 bits per heavy atom. The van der Waals surface area contributed by atoms with E-state index in [9.17, 15) is 19.7 Å². The normalized spacial score (nSPS) is 11.3. The first-order chi connectivity index (χ1) is 12.4. The molecule has 0 bridgehead atoms. The van der Waals surface area contributed by atoms with Crippen LogP contribution in [0, 0.1) is 17.0 Å². The second-order valence-corrected chi connectivity index (χ2v) is 6.03. The number of nitro groups is 1. The quantitative estimate of drug-likeness (QED) is 0.289. The number of carbonyl (C=O) groups excluding carboxylic acids is 1. The SMILES string of the molecule is CCOC(=O)c1sc2ncn(/N=C/c3ccc([N+](=O)[O-])o3)c(=O)c2c1C. The van der Waals surface area contributed by atoms with Crippen LogP contribution < -0.4 is 5.56 Å². The Balaban J connectivity index is 1.99. The summed E-state index contributed by atoms with van der Waals surface area (Å²) in [6, 6.07) is 2.54. The standard InChI is InChI=1S/C15H12N4O6S/c1-3-24-15(21)12-8(2)11-13(26-12)16-7-18(14(11)20)17-6-9-4-5-10(25-9)19(22)23/h4-7H,3H2,1-2H3/b17-6+. The summed E-state index contributed by atoms with van der Waals surface area (Å²) in [5.74, 6) is -0.830. The maximum Gasteiger partial charge on any atom is 0.433 e. The molecular formula is C15H12N4O6S. The molecule has 0 aliphatic rings. The van der Waals surface area contributed by atoms with Gasteiger partial charge in [-0.05, 0) is 25.5 Å². The molecule has 0 saturated carbocycles. The summed E-state index contributed by atoms with van der Waals surface area (Å²) < 4.78 is 10.9. The molecular weight excluding hydrogens is 364 g/mol. The molecule has 3 rings (SSSR count). The van der Waals surface area contributed by atoms with E-state index in [1.807, 2.05) is 0 Å². The van der Waals surface area contributed by atoms with Crippen LogP contribution >= 0.6 is 11.3 Å². The number of furan rings is 1. The monoisotopic (exact) mass is 376 g/mol. The van der Waals surface area contributed by atoms with Crippen LogP contribution in [0.4, 0.5) is 5.88 Å². The lowest BCUT2D eigenvalue weighted by molar-refractivity contribution is -0.402. The van der Waals surface area contributed by atoms with E-state index in [4.69, 9.17) is 9.15 Å². The van der Waals surface area contributed by atoms with Crippen molar-refractivity contribution < 1.29 is 18.9 Å². The van der Waals surface area contributed by atoms with Crippen LogP contribution in [0.1, 0.15) is 27.9 Å². The molecule has 0 radical (unpaired) electrons. The third-order valence-electron chi connectivity index (χ3n) is 3.40. The number of ether oxygens (including phenoxy) is 1. The summed E-state index contributed by atoms with van der Waals surface area (Å²) >= 11 is 1.07. The van der Waals surface area contributed by atoms with Crippen molar-refractivity contribution in [2.24, 2.45) is 5.10 Å². The molecule has 11 heteroatoms. The van der Waals surface area contributed by atoms with Crippen LogP contribution in [0.25, 0.3) is 10.2 Å². The topological polar surface area (TPSA) is 130 Å². The minimum atomic E-state index is -0.678. The van der Waals surface area contributed by atoms with Crippen molar-refractivity contribution in [2.75, 3.05) is 6.61 Å². The van der Waals surface area contributed by atoms with Gasteiger partial charge in [-0.2, -0.15) is 9.78 Å². The molecule has 0 N–H and O–H groups in total. The van der Waals surface area contributed by atoms with Gasteiger partial charge in [0.15, 0.2) is 5.76 Å². The Kier molecular flexibility index (Phi) is 4.63. The summed E-state index contributed by atoms with van der Waals surface area (Å²) in [6.45, 7) is 3.56. The average molecular weight is 376 g/mol. The van der Waals surface area contributed by atoms with Gasteiger partial charge in [-0.3, -0.25) is 14.9 Å².